The van der Waals surface area contributed by atoms with Crippen LogP contribution in [0.15, 0.2) is 59.5 Å². The summed E-state index contributed by atoms with van der Waals surface area (Å²) in [5.74, 6) is -2.19. The Morgan fingerprint density at radius 1 is 1.12 bits per heavy atom. The van der Waals surface area contributed by atoms with Crippen LogP contribution in [0.2, 0.25) is 5.02 Å². The van der Waals surface area contributed by atoms with Crippen molar-refractivity contribution in [2.75, 3.05) is 6.61 Å². The Kier molecular flexibility index (Phi) is 4.15. The number of halogens is 1. The zero-order valence-electron chi connectivity index (χ0n) is 12.5. The van der Waals surface area contributed by atoms with Crippen LogP contribution in [0.4, 0.5) is 0 Å². The van der Waals surface area contributed by atoms with Gasteiger partial charge in [0.15, 0.2) is 9.84 Å². The van der Waals surface area contributed by atoms with E-state index in [0.29, 0.717) is 10.6 Å². The number of carbonyl (C=O) groups is 1. The number of aliphatic hydroxyl groups excluding tert-OH is 1. The van der Waals surface area contributed by atoms with E-state index in [4.69, 9.17) is 11.6 Å². The summed E-state index contributed by atoms with van der Waals surface area (Å²) in [6, 6.07) is 14.1. The largest absolute Gasteiger partial charge is 0.481 e. The van der Waals surface area contributed by atoms with Gasteiger partial charge in [-0.05, 0) is 29.8 Å². The van der Waals surface area contributed by atoms with E-state index in [2.05, 4.69) is 0 Å². The lowest BCUT2D eigenvalue weighted by molar-refractivity contribution is -0.145. The normalized spacial score (nSPS) is 26.1. The monoisotopic (exact) mass is 366 g/mol. The molecule has 1 fully saturated rings. The zero-order chi connectivity index (χ0) is 17.5. The minimum Gasteiger partial charge on any atom is -0.481 e. The van der Waals surface area contributed by atoms with Gasteiger partial charge in [0.05, 0.1) is 16.8 Å². The van der Waals surface area contributed by atoms with Crippen LogP contribution >= 0.6 is 11.6 Å². The fourth-order valence-corrected chi connectivity index (χ4v) is 5.88. The first-order valence-electron chi connectivity index (χ1n) is 7.24. The number of carboxylic acid groups (broad SMARTS) is 1. The fourth-order valence-electron chi connectivity index (χ4n) is 3.30. The van der Waals surface area contributed by atoms with Gasteiger partial charge in [-0.3, -0.25) is 4.79 Å². The molecule has 2 N–H and O–H groups in total. The second-order valence-corrected chi connectivity index (χ2v) is 8.32. The highest BCUT2D eigenvalue weighted by molar-refractivity contribution is 7.92. The molecular weight excluding hydrogens is 352 g/mol. The summed E-state index contributed by atoms with van der Waals surface area (Å²) < 4.78 is 25.9. The van der Waals surface area contributed by atoms with Crippen molar-refractivity contribution < 1.29 is 23.4 Å². The molecule has 3 atom stereocenters. The van der Waals surface area contributed by atoms with Gasteiger partial charge in [0.25, 0.3) is 0 Å². The summed E-state index contributed by atoms with van der Waals surface area (Å²) in [5, 5.41) is 18.5. The SMILES string of the molecule is O=C(O)[C@@]1(CO)[C@H](S(=O)(=O)c2ccccc2)[C@@H]1c1cccc(Cl)c1. The third kappa shape index (κ3) is 2.42. The van der Waals surface area contributed by atoms with E-state index < -0.39 is 39.0 Å². The second kappa shape index (κ2) is 5.88. The van der Waals surface area contributed by atoms with Crippen LogP contribution in [0, 0.1) is 5.41 Å². The molecule has 0 bridgehead atoms. The number of hydrogen-bond acceptors (Lipinski definition) is 4. The molecule has 1 saturated carbocycles. The number of benzene rings is 2. The molecule has 0 amide bonds. The lowest BCUT2D eigenvalue weighted by Gasteiger charge is -2.09. The summed E-state index contributed by atoms with van der Waals surface area (Å²) in [4.78, 5) is 11.9. The Labute approximate surface area is 144 Å². The van der Waals surface area contributed by atoms with E-state index in [1.54, 1.807) is 42.5 Å². The van der Waals surface area contributed by atoms with Crippen molar-refractivity contribution >= 4 is 27.4 Å². The summed E-state index contributed by atoms with van der Waals surface area (Å²) >= 11 is 5.95. The predicted octanol–water partition coefficient (Wildman–Crippen LogP) is 2.34. The zero-order valence-corrected chi connectivity index (χ0v) is 14.0. The second-order valence-electron chi connectivity index (χ2n) is 5.81. The van der Waals surface area contributed by atoms with Gasteiger partial charge in [0.2, 0.25) is 0 Å². The van der Waals surface area contributed by atoms with Gasteiger partial charge in [0.1, 0.15) is 5.41 Å². The van der Waals surface area contributed by atoms with E-state index in [-0.39, 0.29) is 4.90 Å². The molecule has 0 aliphatic heterocycles. The molecule has 5 nitrogen and oxygen atoms in total. The Bertz CT molecular complexity index is 881. The van der Waals surface area contributed by atoms with Crippen molar-refractivity contribution in [3.05, 3.63) is 65.2 Å². The summed E-state index contributed by atoms with van der Waals surface area (Å²) in [6.45, 7) is -0.768. The summed E-state index contributed by atoms with van der Waals surface area (Å²) in [6.07, 6.45) is 0. The Morgan fingerprint density at radius 2 is 1.79 bits per heavy atom. The van der Waals surface area contributed by atoms with Gasteiger partial charge in [-0.1, -0.05) is 41.9 Å². The predicted molar refractivity (Wildman–Crippen MR) is 88.8 cm³/mol. The Morgan fingerprint density at radius 3 is 2.33 bits per heavy atom. The van der Waals surface area contributed by atoms with Gasteiger partial charge in [-0.15, -0.1) is 0 Å². The molecule has 0 spiro atoms. The Balaban J connectivity index is 2.13. The van der Waals surface area contributed by atoms with Crippen molar-refractivity contribution in [1.29, 1.82) is 0 Å². The smallest absolute Gasteiger partial charge is 0.314 e. The van der Waals surface area contributed by atoms with E-state index in [9.17, 15) is 23.4 Å². The molecule has 0 saturated heterocycles. The van der Waals surface area contributed by atoms with Gasteiger partial charge < -0.3 is 10.2 Å². The number of sulfone groups is 1. The molecule has 0 unspecified atom stereocenters. The lowest BCUT2D eigenvalue weighted by Crippen LogP contribution is -2.27. The molecule has 3 rings (SSSR count). The molecule has 2 aromatic rings. The molecule has 126 valence electrons. The minimum absolute atomic E-state index is 0.0404. The number of hydrogen-bond donors (Lipinski definition) is 2. The maximum absolute atomic E-state index is 12.9. The van der Waals surface area contributed by atoms with Crippen LogP contribution in [0.25, 0.3) is 0 Å². The van der Waals surface area contributed by atoms with Crippen LogP contribution in [0.3, 0.4) is 0 Å². The molecule has 1 aliphatic carbocycles. The van der Waals surface area contributed by atoms with Crippen LogP contribution in [-0.4, -0.2) is 36.5 Å². The maximum atomic E-state index is 12.9. The van der Waals surface area contributed by atoms with Crippen LogP contribution < -0.4 is 0 Å². The molecule has 0 radical (unpaired) electrons. The highest BCUT2D eigenvalue weighted by atomic mass is 35.5. The van der Waals surface area contributed by atoms with Crippen molar-refractivity contribution in [2.24, 2.45) is 5.41 Å². The standard InChI is InChI=1S/C17H15ClO5S/c18-12-6-4-5-11(9-12)14-15(17(14,10-19)16(20)21)24(22,23)13-7-2-1-3-8-13/h1-9,14-15,19H,10H2,(H,20,21)/t14-,15+,17+/m0/s1. The van der Waals surface area contributed by atoms with Gasteiger partial charge in [-0.25, -0.2) is 8.42 Å². The topological polar surface area (TPSA) is 91.7 Å². The van der Waals surface area contributed by atoms with E-state index >= 15 is 0 Å². The molecule has 2 aromatic carbocycles. The fraction of sp³-hybridized carbons (Fsp3) is 0.235. The molecule has 24 heavy (non-hydrogen) atoms. The van der Waals surface area contributed by atoms with Crippen molar-refractivity contribution in [3.8, 4) is 0 Å². The van der Waals surface area contributed by atoms with Crippen LogP contribution in [-0.2, 0) is 14.6 Å². The molecular formula is C17H15ClO5S. The average molecular weight is 367 g/mol. The van der Waals surface area contributed by atoms with Crippen molar-refractivity contribution in [2.45, 2.75) is 16.1 Å². The third-order valence-corrected chi connectivity index (χ3v) is 7.06. The number of aliphatic hydroxyl groups is 1. The highest BCUT2D eigenvalue weighted by Gasteiger charge is 2.75. The Hall–Kier alpha value is -1.89. The first kappa shape index (κ1) is 17.0. The first-order chi connectivity index (χ1) is 11.4. The quantitative estimate of drug-likeness (QED) is 0.847. The van der Waals surface area contributed by atoms with E-state index in [1.807, 2.05) is 0 Å². The van der Waals surface area contributed by atoms with Gasteiger partial charge >= 0.3 is 5.97 Å². The molecule has 0 heterocycles. The molecule has 7 heteroatoms. The number of rotatable bonds is 5. The maximum Gasteiger partial charge on any atom is 0.314 e. The summed E-state index contributed by atoms with van der Waals surface area (Å²) in [7, 11) is -3.92. The highest BCUT2D eigenvalue weighted by Crippen LogP contribution is 2.64. The van der Waals surface area contributed by atoms with E-state index in [0.717, 1.165) is 0 Å². The summed E-state index contributed by atoms with van der Waals surface area (Å²) in [5.41, 5.74) is -1.28. The first-order valence-corrected chi connectivity index (χ1v) is 9.17. The van der Waals surface area contributed by atoms with Crippen LogP contribution in [0.1, 0.15) is 11.5 Å². The van der Waals surface area contributed by atoms with Crippen molar-refractivity contribution in [1.82, 2.24) is 0 Å². The molecule has 0 aromatic heterocycles. The lowest BCUT2D eigenvalue weighted by atomic mass is 10.0. The van der Waals surface area contributed by atoms with Crippen molar-refractivity contribution in [3.63, 3.8) is 0 Å². The van der Waals surface area contributed by atoms with E-state index in [1.165, 1.54) is 12.1 Å². The number of aliphatic carboxylic acids is 1. The van der Waals surface area contributed by atoms with Gasteiger partial charge in [0, 0.05) is 10.9 Å². The average Bonchev–Trinajstić information content (AvgIpc) is 3.27. The van der Waals surface area contributed by atoms with Gasteiger partial charge in [-0.2, -0.15) is 0 Å². The third-order valence-electron chi connectivity index (χ3n) is 4.53. The van der Waals surface area contributed by atoms with Crippen LogP contribution in [0.5, 0.6) is 0 Å². The molecule has 1 aliphatic rings. The minimum atomic E-state index is -3.92. The number of carboxylic acids is 1.